The Morgan fingerprint density at radius 3 is 2.46 bits per heavy atom. The molecule has 1 aliphatic rings. The molecule has 1 fully saturated rings. The van der Waals surface area contributed by atoms with Crippen LogP contribution in [-0.4, -0.2) is 52.2 Å². The lowest BCUT2D eigenvalue weighted by Crippen LogP contribution is -2.41. The SMILES string of the molecule is CCC(CC)C1CCN(C(=NC)NCCc2ccc(S(C)(=O)=O)cc2)C1. The van der Waals surface area contributed by atoms with E-state index in [1.165, 1.54) is 25.5 Å². The molecule has 5 nitrogen and oxygen atoms in total. The van der Waals surface area contributed by atoms with E-state index in [2.05, 4.69) is 29.1 Å². The Kier molecular flexibility index (Phi) is 7.50. The lowest BCUT2D eigenvalue weighted by atomic mass is 9.87. The molecule has 0 bridgehead atoms. The summed E-state index contributed by atoms with van der Waals surface area (Å²) < 4.78 is 23.0. The molecule has 26 heavy (non-hydrogen) atoms. The van der Waals surface area contributed by atoms with Crippen molar-refractivity contribution in [2.75, 3.05) is 32.9 Å². The summed E-state index contributed by atoms with van der Waals surface area (Å²) in [7, 11) is -1.29. The van der Waals surface area contributed by atoms with Crippen LogP contribution in [0.1, 0.15) is 38.7 Å². The van der Waals surface area contributed by atoms with Crippen LogP contribution in [0.4, 0.5) is 0 Å². The van der Waals surface area contributed by atoms with Crippen molar-refractivity contribution in [3.8, 4) is 0 Å². The quantitative estimate of drug-likeness (QED) is 0.584. The molecule has 1 atom stereocenters. The fraction of sp³-hybridized carbons (Fsp3) is 0.650. The summed E-state index contributed by atoms with van der Waals surface area (Å²) in [6, 6.07) is 7.14. The standard InChI is InChI=1S/C20H33N3O2S/c1-5-17(6-2)18-12-14-23(15-18)20(21-3)22-13-11-16-7-9-19(10-8-16)26(4,24)25/h7-10,17-18H,5-6,11-15H2,1-4H3,(H,21,22). The molecular formula is C20H33N3O2S. The van der Waals surface area contributed by atoms with Crippen molar-refractivity contribution in [1.82, 2.24) is 10.2 Å². The van der Waals surface area contributed by atoms with Crippen LogP contribution in [0.2, 0.25) is 0 Å². The molecule has 0 saturated carbocycles. The molecule has 1 aliphatic heterocycles. The Bertz CT molecular complexity index is 694. The molecule has 0 spiro atoms. The highest BCUT2D eigenvalue weighted by Crippen LogP contribution is 2.28. The first-order valence-electron chi connectivity index (χ1n) is 9.63. The van der Waals surface area contributed by atoms with Crippen molar-refractivity contribution >= 4 is 15.8 Å². The number of hydrogen-bond donors (Lipinski definition) is 1. The number of rotatable bonds is 7. The maximum Gasteiger partial charge on any atom is 0.193 e. The lowest BCUT2D eigenvalue weighted by Gasteiger charge is -2.24. The number of benzene rings is 1. The first-order valence-corrected chi connectivity index (χ1v) is 11.5. The molecule has 0 radical (unpaired) electrons. The van der Waals surface area contributed by atoms with E-state index < -0.39 is 9.84 Å². The number of likely N-dealkylation sites (tertiary alicyclic amines) is 1. The number of nitrogens with one attached hydrogen (secondary N) is 1. The minimum absolute atomic E-state index is 0.370. The van der Waals surface area contributed by atoms with E-state index in [1.807, 2.05) is 19.2 Å². The average molecular weight is 380 g/mol. The maximum absolute atomic E-state index is 11.5. The zero-order valence-corrected chi connectivity index (χ0v) is 17.3. The third kappa shape index (κ3) is 5.47. The highest BCUT2D eigenvalue weighted by atomic mass is 32.2. The third-order valence-corrected chi connectivity index (χ3v) is 6.63. The second kappa shape index (κ2) is 9.40. The number of hydrogen-bond acceptors (Lipinski definition) is 3. The van der Waals surface area contributed by atoms with Gasteiger partial charge in [-0.3, -0.25) is 4.99 Å². The van der Waals surface area contributed by atoms with Gasteiger partial charge in [0.25, 0.3) is 0 Å². The summed E-state index contributed by atoms with van der Waals surface area (Å²) in [5.41, 5.74) is 1.12. The van der Waals surface area contributed by atoms with Crippen LogP contribution in [0.3, 0.4) is 0 Å². The van der Waals surface area contributed by atoms with Crippen molar-refractivity contribution in [3.63, 3.8) is 0 Å². The van der Waals surface area contributed by atoms with Crippen LogP contribution < -0.4 is 5.32 Å². The molecule has 0 aliphatic carbocycles. The molecule has 1 saturated heterocycles. The van der Waals surface area contributed by atoms with Crippen LogP contribution >= 0.6 is 0 Å². The molecule has 1 unspecified atom stereocenters. The van der Waals surface area contributed by atoms with Crippen LogP contribution in [0.15, 0.2) is 34.2 Å². The van der Waals surface area contributed by atoms with Crippen molar-refractivity contribution in [2.24, 2.45) is 16.8 Å². The molecule has 1 aromatic carbocycles. The number of sulfone groups is 1. The zero-order valence-electron chi connectivity index (χ0n) is 16.5. The second-order valence-electron chi connectivity index (χ2n) is 7.21. The molecule has 6 heteroatoms. The van der Waals surface area contributed by atoms with Gasteiger partial charge in [-0.2, -0.15) is 0 Å². The van der Waals surface area contributed by atoms with Crippen molar-refractivity contribution in [2.45, 2.75) is 44.4 Å². The van der Waals surface area contributed by atoms with E-state index in [0.717, 1.165) is 49.4 Å². The fourth-order valence-electron chi connectivity index (χ4n) is 3.87. The van der Waals surface area contributed by atoms with Gasteiger partial charge in [-0.15, -0.1) is 0 Å². The summed E-state index contributed by atoms with van der Waals surface area (Å²) in [5, 5.41) is 3.46. The number of nitrogens with zero attached hydrogens (tertiary/aromatic N) is 2. The predicted octanol–water partition coefficient (Wildman–Crippen LogP) is 2.97. The minimum atomic E-state index is -3.13. The summed E-state index contributed by atoms with van der Waals surface area (Å²) in [6.07, 6.45) is 5.83. The number of aliphatic imine (C=N–C) groups is 1. The van der Waals surface area contributed by atoms with E-state index in [0.29, 0.717) is 4.90 Å². The molecular weight excluding hydrogens is 346 g/mol. The lowest BCUT2D eigenvalue weighted by molar-refractivity contribution is 0.319. The summed E-state index contributed by atoms with van der Waals surface area (Å²) in [6.45, 7) is 7.54. The van der Waals surface area contributed by atoms with E-state index in [4.69, 9.17) is 0 Å². The Morgan fingerprint density at radius 1 is 1.27 bits per heavy atom. The predicted molar refractivity (Wildman–Crippen MR) is 108 cm³/mol. The highest BCUT2D eigenvalue weighted by molar-refractivity contribution is 7.90. The van der Waals surface area contributed by atoms with Crippen LogP contribution in [0, 0.1) is 11.8 Å². The fourth-order valence-corrected chi connectivity index (χ4v) is 4.50. The van der Waals surface area contributed by atoms with Gasteiger partial charge in [0.1, 0.15) is 0 Å². The van der Waals surface area contributed by atoms with Crippen molar-refractivity contribution < 1.29 is 8.42 Å². The summed E-state index contributed by atoms with van der Waals surface area (Å²) in [5.74, 6) is 2.56. The first-order chi connectivity index (χ1) is 12.4. The molecule has 0 amide bonds. The molecule has 146 valence electrons. The van der Waals surface area contributed by atoms with Crippen molar-refractivity contribution in [1.29, 1.82) is 0 Å². The van der Waals surface area contributed by atoms with Gasteiger partial charge in [0, 0.05) is 32.9 Å². The molecule has 1 heterocycles. The topological polar surface area (TPSA) is 61.8 Å². The normalized spacial score (nSPS) is 18.6. The van der Waals surface area contributed by atoms with Gasteiger partial charge in [-0.25, -0.2) is 8.42 Å². The van der Waals surface area contributed by atoms with Gasteiger partial charge in [-0.05, 0) is 42.4 Å². The van der Waals surface area contributed by atoms with E-state index >= 15 is 0 Å². The number of guanidine groups is 1. The Hall–Kier alpha value is -1.56. The Balaban J connectivity index is 1.84. The van der Waals surface area contributed by atoms with E-state index in [1.54, 1.807) is 12.1 Å². The van der Waals surface area contributed by atoms with Crippen molar-refractivity contribution in [3.05, 3.63) is 29.8 Å². The van der Waals surface area contributed by atoms with Crippen LogP contribution in [-0.2, 0) is 16.3 Å². The second-order valence-corrected chi connectivity index (χ2v) is 9.23. The van der Waals surface area contributed by atoms with Gasteiger partial charge in [0.2, 0.25) is 0 Å². The monoisotopic (exact) mass is 379 g/mol. The largest absolute Gasteiger partial charge is 0.356 e. The molecule has 1 aromatic rings. The molecule has 2 rings (SSSR count). The van der Waals surface area contributed by atoms with E-state index in [-0.39, 0.29) is 0 Å². The molecule has 0 aromatic heterocycles. The maximum atomic E-state index is 11.5. The summed E-state index contributed by atoms with van der Waals surface area (Å²) in [4.78, 5) is 7.19. The van der Waals surface area contributed by atoms with Gasteiger partial charge in [-0.1, -0.05) is 38.8 Å². The van der Waals surface area contributed by atoms with Crippen LogP contribution in [0.5, 0.6) is 0 Å². The van der Waals surface area contributed by atoms with Gasteiger partial charge >= 0.3 is 0 Å². The van der Waals surface area contributed by atoms with Gasteiger partial charge in [0.05, 0.1) is 4.90 Å². The summed E-state index contributed by atoms with van der Waals surface area (Å²) >= 11 is 0. The van der Waals surface area contributed by atoms with Gasteiger partial charge < -0.3 is 10.2 Å². The van der Waals surface area contributed by atoms with Gasteiger partial charge in [0.15, 0.2) is 15.8 Å². The van der Waals surface area contributed by atoms with E-state index in [9.17, 15) is 8.42 Å². The first kappa shape index (κ1) is 20.7. The smallest absolute Gasteiger partial charge is 0.193 e. The Labute approximate surface area is 158 Å². The molecule has 1 N–H and O–H groups in total. The average Bonchev–Trinajstić information content (AvgIpc) is 3.09. The Morgan fingerprint density at radius 2 is 1.92 bits per heavy atom. The highest BCUT2D eigenvalue weighted by Gasteiger charge is 2.29. The van der Waals surface area contributed by atoms with Crippen LogP contribution in [0.25, 0.3) is 0 Å². The minimum Gasteiger partial charge on any atom is -0.356 e. The third-order valence-electron chi connectivity index (χ3n) is 5.50. The zero-order chi connectivity index (χ0) is 19.2.